The highest BCUT2D eigenvalue weighted by molar-refractivity contribution is 7.80. The molecule has 1 fully saturated rings. The van der Waals surface area contributed by atoms with Crippen LogP contribution in [-0.4, -0.2) is 42.2 Å². The van der Waals surface area contributed by atoms with Crippen LogP contribution in [-0.2, 0) is 0 Å². The first-order valence-corrected chi connectivity index (χ1v) is 6.90. The molecule has 0 bridgehead atoms. The van der Waals surface area contributed by atoms with Crippen LogP contribution in [0.3, 0.4) is 0 Å². The van der Waals surface area contributed by atoms with E-state index < -0.39 is 0 Å². The highest BCUT2D eigenvalue weighted by atomic mass is 32.1. The molecule has 4 heteroatoms. The lowest BCUT2D eigenvalue weighted by molar-refractivity contribution is 0.174. The van der Waals surface area contributed by atoms with Crippen molar-refractivity contribution in [3.8, 4) is 0 Å². The average Bonchev–Trinajstić information content (AvgIpc) is 2.34. The summed E-state index contributed by atoms with van der Waals surface area (Å²) in [5, 5.41) is 7.28. The Hall–Kier alpha value is -0.350. The fourth-order valence-electron chi connectivity index (χ4n) is 2.03. The first-order chi connectivity index (χ1) is 7.74. The van der Waals surface area contributed by atoms with Crippen LogP contribution in [0.25, 0.3) is 0 Å². The fourth-order valence-corrected chi connectivity index (χ4v) is 2.22. The third kappa shape index (κ3) is 5.12. The molecule has 2 N–H and O–H groups in total. The van der Waals surface area contributed by atoms with Gasteiger partial charge in [0.25, 0.3) is 0 Å². The van der Waals surface area contributed by atoms with Crippen LogP contribution in [0.2, 0.25) is 0 Å². The fraction of sp³-hybridized carbons (Fsp3) is 0.917. The van der Waals surface area contributed by atoms with Gasteiger partial charge in [-0.1, -0.05) is 13.3 Å². The number of nitrogens with one attached hydrogen (secondary N) is 2. The number of piperidine rings is 1. The summed E-state index contributed by atoms with van der Waals surface area (Å²) in [7, 11) is 0. The second-order valence-corrected chi connectivity index (χ2v) is 4.99. The summed E-state index contributed by atoms with van der Waals surface area (Å²) in [4.78, 5) is 2.55. The zero-order chi connectivity index (χ0) is 11.8. The van der Waals surface area contributed by atoms with Crippen molar-refractivity contribution in [2.24, 2.45) is 0 Å². The maximum atomic E-state index is 5.20. The molecule has 1 heterocycles. The second-order valence-electron chi connectivity index (χ2n) is 4.58. The largest absolute Gasteiger partial charge is 0.363 e. The molecule has 94 valence electrons. The average molecular weight is 243 g/mol. The molecular formula is C12H25N3S. The van der Waals surface area contributed by atoms with Crippen LogP contribution in [0.1, 0.15) is 39.5 Å². The van der Waals surface area contributed by atoms with Crippen LogP contribution < -0.4 is 10.6 Å². The molecule has 1 aliphatic heterocycles. The number of nitrogens with zero attached hydrogens (tertiary/aromatic N) is 1. The van der Waals surface area contributed by atoms with Crippen molar-refractivity contribution in [3.05, 3.63) is 0 Å². The van der Waals surface area contributed by atoms with Gasteiger partial charge in [0.1, 0.15) is 0 Å². The molecule has 1 saturated heterocycles. The first-order valence-electron chi connectivity index (χ1n) is 6.49. The normalized spacial score (nSPS) is 19.1. The van der Waals surface area contributed by atoms with E-state index in [9.17, 15) is 0 Å². The Balaban J connectivity index is 2.13. The van der Waals surface area contributed by atoms with Gasteiger partial charge in [0.05, 0.1) is 0 Å². The predicted molar refractivity (Wildman–Crippen MR) is 73.8 cm³/mol. The summed E-state index contributed by atoms with van der Waals surface area (Å²) in [5.74, 6) is 0. The Morgan fingerprint density at radius 3 is 2.56 bits per heavy atom. The molecule has 0 radical (unpaired) electrons. The van der Waals surface area contributed by atoms with Gasteiger partial charge in [0, 0.05) is 19.1 Å². The molecule has 1 unspecified atom stereocenters. The lowest BCUT2D eigenvalue weighted by Crippen LogP contribution is -2.46. The maximum absolute atomic E-state index is 5.20. The van der Waals surface area contributed by atoms with Gasteiger partial charge in [-0.2, -0.15) is 0 Å². The zero-order valence-corrected chi connectivity index (χ0v) is 11.4. The van der Waals surface area contributed by atoms with E-state index in [4.69, 9.17) is 12.2 Å². The van der Waals surface area contributed by atoms with Gasteiger partial charge in [0.2, 0.25) is 0 Å². The Morgan fingerprint density at radius 2 is 1.94 bits per heavy atom. The summed E-state index contributed by atoms with van der Waals surface area (Å²) < 4.78 is 0. The minimum Gasteiger partial charge on any atom is -0.363 e. The topological polar surface area (TPSA) is 27.3 Å². The van der Waals surface area contributed by atoms with Crippen LogP contribution in [0.4, 0.5) is 0 Å². The van der Waals surface area contributed by atoms with E-state index in [1.54, 1.807) is 0 Å². The summed E-state index contributed by atoms with van der Waals surface area (Å²) >= 11 is 5.20. The van der Waals surface area contributed by atoms with Gasteiger partial charge in [-0.25, -0.2) is 0 Å². The van der Waals surface area contributed by atoms with Crippen molar-refractivity contribution in [1.82, 2.24) is 15.5 Å². The van der Waals surface area contributed by atoms with E-state index in [0.717, 1.165) is 24.6 Å². The van der Waals surface area contributed by atoms with E-state index in [1.165, 1.54) is 32.4 Å². The van der Waals surface area contributed by atoms with E-state index in [0.29, 0.717) is 6.04 Å². The Labute approximate surface area is 105 Å². The minimum absolute atomic E-state index is 0.585. The summed E-state index contributed by atoms with van der Waals surface area (Å²) in [6, 6.07) is 0.585. The molecule has 0 aromatic carbocycles. The first kappa shape index (κ1) is 13.7. The molecule has 0 amide bonds. The lowest BCUT2D eigenvalue weighted by atomic mass is 10.1. The van der Waals surface area contributed by atoms with Crippen LogP contribution in [0.15, 0.2) is 0 Å². The van der Waals surface area contributed by atoms with E-state index in [-0.39, 0.29) is 0 Å². The maximum Gasteiger partial charge on any atom is 0.166 e. The Kier molecular flexibility index (Phi) is 6.73. The van der Waals surface area contributed by atoms with E-state index in [1.807, 2.05) is 0 Å². The van der Waals surface area contributed by atoms with Crippen molar-refractivity contribution >= 4 is 17.3 Å². The van der Waals surface area contributed by atoms with Crippen LogP contribution >= 0.6 is 12.2 Å². The van der Waals surface area contributed by atoms with E-state index >= 15 is 0 Å². The number of thiocarbonyl (C=S) groups is 1. The molecular weight excluding hydrogens is 218 g/mol. The second kappa shape index (κ2) is 7.85. The number of likely N-dealkylation sites (tertiary alicyclic amines) is 1. The van der Waals surface area contributed by atoms with Crippen molar-refractivity contribution in [2.75, 3.05) is 26.2 Å². The molecule has 1 rings (SSSR count). The molecule has 16 heavy (non-hydrogen) atoms. The van der Waals surface area contributed by atoms with Gasteiger partial charge in [0.15, 0.2) is 5.11 Å². The van der Waals surface area contributed by atoms with Crippen molar-refractivity contribution in [3.63, 3.8) is 0 Å². The molecule has 0 saturated carbocycles. The third-order valence-corrected chi connectivity index (χ3v) is 3.40. The van der Waals surface area contributed by atoms with Gasteiger partial charge in [-0.3, -0.25) is 4.90 Å². The van der Waals surface area contributed by atoms with Gasteiger partial charge in [-0.05, 0) is 51.5 Å². The Morgan fingerprint density at radius 1 is 1.25 bits per heavy atom. The Bertz CT molecular complexity index is 202. The summed E-state index contributed by atoms with van der Waals surface area (Å²) in [6.07, 6.45) is 5.21. The molecule has 3 nitrogen and oxygen atoms in total. The van der Waals surface area contributed by atoms with Crippen molar-refractivity contribution < 1.29 is 0 Å². The SMILES string of the molecule is CCCNC(=S)NCC(C)N1CCCCC1. The standard InChI is InChI=1S/C12H25N3S/c1-3-7-13-12(16)14-10-11(2)15-8-5-4-6-9-15/h11H,3-10H2,1-2H3,(H2,13,14,16). The predicted octanol–water partition coefficient (Wildman–Crippen LogP) is 1.73. The number of hydrogen-bond donors (Lipinski definition) is 2. The van der Waals surface area contributed by atoms with Gasteiger partial charge in [-0.15, -0.1) is 0 Å². The van der Waals surface area contributed by atoms with Crippen molar-refractivity contribution in [2.45, 2.75) is 45.6 Å². The summed E-state index contributed by atoms with van der Waals surface area (Å²) in [6.45, 7) is 8.84. The highest BCUT2D eigenvalue weighted by Crippen LogP contribution is 2.11. The smallest absolute Gasteiger partial charge is 0.166 e. The molecule has 1 aliphatic rings. The highest BCUT2D eigenvalue weighted by Gasteiger charge is 2.16. The number of rotatable bonds is 5. The molecule has 0 spiro atoms. The molecule has 1 atom stereocenters. The van der Waals surface area contributed by atoms with Crippen molar-refractivity contribution in [1.29, 1.82) is 0 Å². The molecule has 0 aliphatic carbocycles. The number of hydrogen-bond acceptors (Lipinski definition) is 2. The minimum atomic E-state index is 0.585. The third-order valence-electron chi connectivity index (χ3n) is 3.11. The molecule has 0 aromatic heterocycles. The van der Waals surface area contributed by atoms with Gasteiger partial charge >= 0.3 is 0 Å². The van der Waals surface area contributed by atoms with Gasteiger partial charge < -0.3 is 10.6 Å². The monoisotopic (exact) mass is 243 g/mol. The lowest BCUT2D eigenvalue weighted by Gasteiger charge is -2.32. The zero-order valence-electron chi connectivity index (χ0n) is 10.6. The summed E-state index contributed by atoms with van der Waals surface area (Å²) in [5.41, 5.74) is 0. The quantitative estimate of drug-likeness (QED) is 0.719. The van der Waals surface area contributed by atoms with Crippen LogP contribution in [0, 0.1) is 0 Å². The van der Waals surface area contributed by atoms with Crippen LogP contribution in [0.5, 0.6) is 0 Å². The molecule has 0 aromatic rings. The van der Waals surface area contributed by atoms with E-state index in [2.05, 4.69) is 29.4 Å².